The third-order valence-corrected chi connectivity index (χ3v) is 3.34. The molecule has 2 N–H and O–H groups in total. The molecule has 6 nitrogen and oxygen atoms in total. The van der Waals surface area contributed by atoms with E-state index < -0.39 is 6.10 Å². The van der Waals surface area contributed by atoms with Crippen LogP contribution in [0.15, 0.2) is 36.8 Å². The first-order chi connectivity index (χ1) is 10.1. The van der Waals surface area contributed by atoms with E-state index in [2.05, 4.69) is 20.3 Å². The first-order valence-corrected chi connectivity index (χ1v) is 6.45. The maximum Gasteiger partial charge on any atom is 0.138 e. The van der Waals surface area contributed by atoms with E-state index in [0.29, 0.717) is 23.5 Å². The molecule has 1 atom stereocenters. The third kappa shape index (κ3) is 2.68. The van der Waals surface area contributed by atoms with Crippen molar-refractivity contribution in [1.29, 1.82) is 0 Å². The molecule has 0 fully saturated rings. The van der Waals surface area contributed by atoms with Gasteiger partial charge in [0.05, 0.1) is 18.0 Å². The van der Waals surface area contributed by atoms with Gasteiger partial charge in [-0.25, -0.2) is 9.37 Å². The summed E-state index contributed by atoms with van der Waals surface area (Å²) in [5, 5.41) is 21.2. The highest BCUT2D eigenvalue weighted by Crippen LogP contribution is 2.27. The zero-order valence-electron chi connectivity index (χ0n) is 11.4. The van der Waals surface area contributed by atoms with Crippen molar-refractivity contribution < 1.29 is 9.50 Å². The molecule has 3 aromatic rings. The first-order valence-electron chi connectivity index (χ1n) is 6.45. The number of H-pyrrole nitrogens is 1. The number of aromatic amines is 1. The van der Waals surface area contributed by atoms with E-state index in [1.807, 2.05) is 0 Å². The molecule has 1 aromatic carbocycles. The van der Waals surface area contributed by atoms with Crippen LogP contribution in [0.1, 0.15) is 17.5 Å². The number of hydrogen-bond acceptors (Lipinski definition) is 4. The summed E-state index contributed by atoms with van der Waals surface area (Å²) in [7, 11) is 1.77. The Morgan fingerprint density at radius 2 is 2.10 bits per heavy atom. The lowest BCUT2D eigenvalue weighted by atomic mass is 10.0. The van der Waals surface area contributed by atoms with Crippen LogP contribution in [0.2, 0.25) is 0 Å². The second kappa shape index (κ2) is 5.45. The van der Waals surface area contributed by atoms with Crippen molar-refractivity contribution in [3.63, 3.8) is 0 Å². The summed E-state index contributed by atoms with van der Waals surface area (Å²) in [6, 6.07) is 6.02. The number of aryl methyl sites for hydroxylation is 1. The monoisotopic (exact) mass is 287 g/mol. The molecule has 108 valence electrons. The van der Waals surface area contributed by atoms with Crippen LogP contribution in [-0.4, -0.2) is 30.1 Å². The number of aliphatic hydroxyl groups is 1. The van der Waals surface area contributed by atoms with Crippen LogP contribution in [0.5, 0.6) is 0 Å². The molecule has 1 unspecified atom stereocenters. The van der Waals surface area contributed by atoms with Crippen molar-refractivity contribution >= 4 is 0 Å². The second-order valence-electron chi connectivity index (χ2n) is 4.73. The fraction of sp³-hybridized carbons (Fsp3) is 0.214. The molecule has 7 heteroatoms. The van der Waals surface area contributed by atoms with Gasteiger partial charge in [0.1, 0.15) is 18.0 Å². The third-order valence-electron chi connectivity index (χ3n) is 3.34. The molecule has 0 saturated heterocycles. The number of aliphatic hydroxyl groups excluding tert-OH is 1. The van der Waals surface area contributed by atoms with Crippen LogP contribution >= 0.6 is 0 Å². The second-order valence-corrected chi connectivity index (χ2v) is 4.73. The van der Waals surface area contributed by atoms with Crippen molar-refractivity contribution in [1.82, 2.24) is 25.0 Å². The minimum atomic E-state index is -0.772. The molecule has 3 rings (SSSR count). The molecule has 0 radical (unpaired) electrons. The van der Waals surface area contributed by atoms with E-state index in [0.717, 1.165) is 5.56 Å². The predicted molar refractivity (Wildman–Crippen MR) is 73.6 cm³/mol. The molecule has 21 heavy (non-hydrogen) atoms. The van der Waals surface area contributed by atoms with Gasteiger partial charge in [-0.05, 0) is 24.3 Å². The lowest BCUT2D eigenvalue weighted by molar-refractivity contribution is 0.175. The number of benzene rings is 1. The molecule has 2 aromatic heterocycles. The summed E-state index contributed by atoms with van der Waals surface area (Å²) < 4.78 is 14.6. The van der Waals surface area contributed by atoms with Gasteiger partial charge in [0.2, 0.25) is 0 Å². The Labute approximate surface area is 120 Å². The van der Waals surface area contributed by atoms with Crippen molar-refractivity contribution in [3.05, 3.63) is 54.0 Å². The molecule has 0 spiro atoms. The number of aromatic nitrogens is 5. The SMILES string of the molecule is Cn1ncnc1CC(O)c1cn[nH]c1-c1ccc(F)cc1. The van der Waals surface area contributed by atoms with Gasteiger partial charge in [0.15, 0.2) is 0 Å². The van der Waals surface area contributed by atoms with E-state index in [9.17, 15) is 9.50 Å². The summed E-state index contributed by atoms with van der Waals surface area (Å²) in [4.78, 5) is 4.09. The van der Waals surface area contributed by atoms with Crippen LogP contribution in [0.4, 0.5) is 4.39 Å². The Bertz CT molecular complexity index is 734. The number of nitrogens with zero attached hydrogens (tertiary/aromatic N) is 4. The van der Waals surface area contributed by atoms with Crippen LogP contribution in [0.25, 0.3) is 11.3 Å². The van der Waals surface area contributed by atoms with Crippen molar-refractivity contribution in [2.45, 2.75) is 12.5 Å². The summed E-state index contributed by atoms with van der Waals surface area (Å²) in [5.41, 5.74) is 2.08. The Morgan fingerprint density at radius 3 is 2.76 bits per heavy atom. The van der Waals surface area contributed by atoms with Gasteiger partial charge in [0.25, 0.3) is 0 Å². The average Bonchev–Trinajstić information content (AvgIpc) is 3.09. The van der Waals surface area contributed by atoms with Crippen LogP contribution < -0.4 is 0 Å². The highest BCUT2D eigenvalue weighted by Gasteiger charge is 2.18. The summed E-state index contributed by atoms with van der Waals surface area (Å²) >= 11 is 0. The number of halogens is 1. The van der Waals surface area contributed by atoms with Crippen molar-refractivity contribution in [2.24, 2.45) is 7.05 Å². The van der Waals surface area contributed by atoms with E-state index in [1.54, 1.807) is 30.1 Å². The molecule has 0 aliphatic heterocycles. The first kappa shape index (κ1) is 13.4. The van der Waals surface area contributed by atoms with Gasteiger partial charge in [-0.1, -0.05) is 0 Å². The molecule has 0 saturated carbocycles. The molecule has 0 amide bonds. The zero-order chi connectivity index (χ0) is 14.8. The minimum absolute atomic E-state index is 0.306. The van der Waals surface area contributed by atoms with Crippen LogP contribution in [-0.2, 0) is 13.5 Å². The Hall–Kier alpha value is -2.54. The molecule has 0 aliphatic carbocycles. The van der Waals surface area contributed by atoms with E-state index in [1.165, 1.54) is 18.5 Å². The lowest BCUT2D eigenvalue weighted by Gasteiger charge is -2.10. The number of nitrogens with one attached hydrogen (secondary N) is 1. The van der Waals surface area contributed by atoms with Crippen LogP contribution in [0.3, 0.4) is 0 Å². The fourth-order valence-electron chi connectivity index (χ4n) is 2.18. The molecular weight excluding hydrogens is 273 g/mol. The summed E-state index contributed by atoms with van der Waals surface area (Å²) in [5.74, 6) is 0.369. The topological polar surface area (TPSA) is 79.6 Å². The maximum atomic E-state index is 13.0. The summed E-state index contributed by atoms with van der Waals surface area (Å²) in [6.07, 6.45) is 2.56. The Kier molecular flexibility index (Phi) is 3.49. The van der Waals surface area contributed by atoms with Gasteiger partial charge in [0, 0.05) is 24.6 Å². The average molecular weight is 287 g/mol. The molecular formula is C14H14FN5O. The Balaban J connectivity index is 1.88. The van der Waals surface area contributed by atoms with Gasteiger partial charge in [-0.15, -0.1) is 0 Å². The van der Waals surface area contributed by atoms with Gasteiger partial charge in [-0.3, -0.25) is 9.78 Å². The standard InChI is InChI=1S/C14H14FN5O/c1-20-13(16-8-18-20)6-12(21)11-7-17-19-14(11)9-2-4-10(15)5-3-9/h2-5,7-8,12,21H,6H2,1H3,(H,17,19). The highest BCUT2D eigenvalue weighted by molar-refractivity contribution is 5.63. The zero-order valence-corrected chi connectivity index (χ0v) is 11.4. The van der Waals surface area contributed by atoms with Gasteiger partial charge >= 0.3 is 0 Å². The van der Waals surface area contributed by atoms with E-state index >= 15 is 0 Å². The molecule has 2 heterocycles. The maximum absolute atomic E-state index is 13.0. The van der Waals surface area contributed by atoms with E-state index in [-0.39, 0.29) is 5.82 Å². The number of rotatable bonds is 4. The molecule has 0 bridgehead atoms. The largest absolute Gasteiger partial charge is 0.388 e. The normalized spacial score (nSPS) is 12.5. The Morgan fingerprint density at radius 1 is 1.33 bits per heavy atom. The predicted octanol–water partition coefficient (Wildman–Crippen LogP) is 1.62. The van der Waals surface area contributed by atoms with Crippen LogP contribution in [0, 0.1) is 5.82 Å². The fourth-order valence-corrected chi connectivity index (χ4v) is 2.18. The van der Waals surface area contributed by atoms with Crippen molar-refractivity contribution in [3.8, 4) is 11.3 Å². The van der Waals surface area contributed by atoms with Gasteiger partial charge in [-0.2, -0.15) is 10.2 Å². The lowest BCUT2D eigenvalue weighted by Crippen LogP contribution is -2.08. The highest BCUT2D eigenvalue weighted by atomic mass is 19.1. The van der Waals surface area contributed by atoms with E-state index in [4.69, 9.17) is 0 Å². The minimum Gasteiger partial charge on any atom is -0.388 e. The number of hydrogen-bond donors (Lipinski definition) is 2. The van der Waals surface area contributed by atoms with Crippen molar-refractivity contribution in [2.75, 3.05) is 0 Å². The quantitative estimate of drug-likeness (QED) is 0.764. The summed E-state index contributed by atoms with van der Waals surface area (Å²) in [6.45, 7) is 0. The van der Waals surface area contributed by atoms with Gasteiger partial charge < -0.3 is 5.11 Å². The molecule has 0 aliphatic rings. The smallest absolute Gasteiger partial charge is 0.138 e.